The number of amides is 5. The van der Waals surface area contributed by atoms with Crippen molar-refractivity contribution >= 4 is 122 Å². The smallest absolute Gasteiger partial charge is 0.408 e. The molecule has 4 aliphatic heterocycles. The Labute approximate surface area is 744 Å². The molecule has 16 rings (SSSR count). The van der Waals surface area contributed by atoms with Crippen LogP contribution in [0.5, 0.6) is 46.0 Å². The lowest BCUT2D eigenvalue weighted by Crippen LogP contribution is -2.49. The molecule has 4 atom stereocenters. The van der Waals surface area contributed by atoms with Crippen LogP contribution in [0, 0.1) is 0 Å². The van der Waals surface area contributed by atoms with Crippen molar-refractivity contribution in [3.05, 3.63) is 250 Å². The Kier molecular flexibility index (Phi) is 33.7. The molecule has 12 N–H and O–H groups in total. The van der Waals surface area contributed by atoms with Crippen LogP contribution >= 0.6 is 80.1 Å². The minimum atomic E-state index is -1.07. The first-order valence-electron chi connectivity index (χ1n) is 38.3. The summed E-state index contributed by atoms with van der Waals surface area (Å²) in [6.07, 6.45) is 10.2. The summed E-state index contributed by atoms with van der Waals surface area (Å²) >= 11 is 23.8. The molecule has 4 aliphatic rings. The van der Waals surface area contributed by atoms with Crippen LogP contribution in [0.1, 0.15) is 83.3 Å². The lowest BCUT2D eigenvalue weighted by Gasteiger charge is -2.23. The molecule has 0 radical (unpaired) electrons. The number of hydrogen-bond donors (Lipinski definition) is 9. The van der Waals surface area contributed by atoms with Crippen molar-refractivity contribution in [2.75, 3.05) is 32.5 Å². The van der Waals surface area contributed by atoms with Crippen LogP contribution < -0.4 is 81.3 Å². The number of nitrogens with two attached hydrogens (primary N) is 1. The minimum Gasteiger partial charge on any atom is -0.480 e. The summed E-state index contributed by atoms with van der Waals surface area (Å²) < 4.78 is 55.9. The van der Waals surface area contributed by atoms with E-state index in [9.17, 15) is 28.8 Å². The zero-order valence-corrected chi connectivity index (χ0v) is 73.4. The van der Waals surface area contributed by atoms with Gasteiger partial charge in [0, 0.05) is 107 Å². The van der Waals surface area contributed by atoms with Crippen molar-refractivity contribution in [2.45, 2.75) is 129 Å². The second kappa shape index (κ2) is 45.2. The molecule has 124 heavy (non-hydrogen) atoms. The van der Waals surface area contributed by atoms with Gasteiger partial charge in [0.25, 0.3) is 0 Å². The largest absolute Gasteiger partial charge is 0.480 e. The number of nitrogens with zero attached hydrogens (tertiary/aromatic N) is 8. The van der Waals surface area contributed by atoms with Crippen LogP contribution in [0.3, 0.4) is 0 Å². The molecule has 4 aromatic carbocycles. The predicted octanol–water partition coefficient (Wildman–Crippen LogP) is 12.7. The number of rotatable bonds is 25. The lowest BCUT2D eigenvalue weighted by atomic mass is 10.1. The molecule has 12 heterocycles. The maximum absolute atomic E-state index is 13.2. The van der Waals surface area contributed by atoms with E-state index in [2.05, 4.69) is 67.5 Å². The number of fused-ring (bicyclic) bond motifs is 4. The first-order valence-corrected chi connectivity index (χ1v) is 43.0. The van der Waals surface area contributed by atoms with Crippen LogP contribution in [0.2, 0.25) is 15.5 Å². The van der Waals surface area contributed by atoms with Gasteiger partial charge in [-0.1, -0.05) is 77.3 Å². The molecule has 0 spiro atoms. The molecular weight excluding hydrogens is 1740 g/mol. The number of anilines is 1. The fourth-order valence-electron chi connectivity index (χ4n) is 11.4. The van der Waals surface area contributed by atoms with E-state index in [0.29, 0.717) is 102 Å². The number of carboxylic acids is 1. The van der Waals surface area contributed by atoms with Gasteiger partial charge < -0.3 is 95.8 Å². The molecule has 0 saturated heterocycles. The van der Waals surface area contributed by atoms with Crippen molar-refractivity contribution in [1.82, 2.24) is 65.6 Å². The summed E-state index contributed by atoms with van der Waals surface area (Å²) in [6, 6.07) is 38.3. The zero-order valence-electron chi connectivity index (χ0n) is 67.9. The molecule has 8 aromatic heterocycles. The van der Waals surface area contributed by atoms with Gasteiger partial charge in [0.05, 0.1) is 12.6 Å². The van der Waals surface area contributed by atoms with Crippen molar-refractivity contribution in [2.24, 2.45) is 5.73 Å². The fourth-order valence-corrected chi connectivity index (χ4v) is 15.0. The van der Waals surface area contributed by atoms with Crippen LogP contribution in [0.15, 0.2) is 192 Å². The number of aromatic nitrogens is 8. The highest BCUT2D eigenvalue weighted by atomic mass is 35.5. The molecule has 33 nitrogen and oxygen atoms in total. The number of aliphatic carboxylic acids is 1. The van der Waals surface area contributed by atoms with Gasteiger partial charge in [-0.25, -0.2) is 39.3 Å². The van der Waals surface area contributed by atoms with E-state index in [-0.39, 0.29) is 49.7 Å². The van der Waals surface area contributed by atoms with Gasteiger partial charge >= 0.3 is 18.2 Å². The SMILES string of the molecule is CC(C)(C)OC(=O)N[C@@H](Cc1cccs1)C(=O)NCc1ccc2c(c1)OCO2.CC(C)(C)OC(=O)N[C@H](Cc1cccs1)C(=O)O.Clc1cc(Cl)nc(-n2ccnc2)n1.N[C@@H](Cc1cccs1)C(=O)NCc1ccc2c(c1)OCO2.O=C(NCc1ccc2c(c1)OCO2)[C@H](Cc1cccs1)Nc1cc(Cl)nc(-n2ccnc2)n1.[NH3+]Cc1ccc2c(c1)OCO2. The van der Waals surface area contributed by atoms with Gasteiger partial charge in [0.2, 0.25) is 56.8 Å². The van der Waals surface area contributed by atoms with Gasteiger partial charge in [0.1, 0.15) is 63.3 Å². The van der Waals surface area contributed by atoms with Crippen molar-refractivity contribution in [3.8, 4) is 57.9 Å². The number of alkyl carbamates (subject to hydrolysis) is 2. The molecule has 0 fully saturated rings. The number of thiophene rings is 4. The Morgan fingerprint density at radius 3 is 1.19 bits per heavy atom. The number of carboxylic acid groups (broad SMARTS) is 1. The standard InChI is InChI=1S/C22H19ClN6O3S.C20H24N2O5S.C15H16N2O3S.C12H17NO4S.C8H9NO2.C7H4Cl2N4/c23-19-10-20(28-22(27-19)29-6-5-24-12-29)26-16(9-15-2-1-7-33-15)21(30)25-11-14-3-4-17-18(8-14)32-13-31-17;1-20(2,3)27-19(24)22-15(10-14-5-4-8-28-14)18(23)21-11-13-6-7-16-17(9-13)26-12-25-16;16-12(7-11-2-1-5-21-11)15(18)17-8-10-3-4-13-14(6-10)20-9-19-13;1-12(2,3)17-11(16)13-9(10(14)15)7-8-5-4-6-18-8;9-4-6-1-2-7-8(3-6)11-5-10-7;8-5-3-6(9)12-7(11-5)13-2-1-10-4-13/h1-8,10,12,16H,9,11,13H2,(H,25,30)(H,26,27,28);4-9,15H,10-12H2,1-3H3,(H,21,23)(H,22,24);1-6,12H,7-9,16H2,(H,17,18);4-6,9H,7H2,1-3H3,(H,13,16)(H,14,15);1-3H,4-5,9H2;1-4H/p+1/t16-;15-;12-;9-;;/m0001../s1. The highest BCUT2D eigenvalue weighted by Gasteiger charge is 2.29. The normalized spacial score (nSPS) is 13.1. The van der Waals surface area contributed by atoms with Gasteiger partial charge in [0.15, 0.2) is 46.0 Å². The minimum absolute atomic E-state index is 0.152. The van der Waals surface area contributed by atoms with E-state index in [1.165, 1.54) is 34.3 Å². The van der Waals surface area contributed by atoms with Crippen LogP contribution in [0.25, 0.3) is 11.9 Å². The topological polar surface area (TPSA) is 428 Å². The summed E-state index contributed by atoms with van der Waals surface area (Å²) in [5.41, 5.74) is 12.3. The molecule has 5 amide bonds. The van der Waals surface area contributed by atoms with Crippen LogP contribution in [-0.4, -0.2) is 143 Å². The summed E-state index contributed by atoms with van der Waals surface area (Å²) in [4.78, 5) is 101. The number of carbonyl (C=O) groups excluding carboxylic acids is 5. The lowest BCUT2D eigenvalue weighted by molar-refractivity contribution is -0.386. The number of hydrogen-bond acceptors (Lipinski definition) is 28. The quantitative estimate of drug-likeness (QED) is 0.0240. The van der Waals surface area contributed by atoms with Crippen molar-refractivity contribution in [1.29, 1.82) is 0 Å². The molecule has 40 heteroatoms. The van der Waals surface area contributed by atoms with Gasteiger partial charge in [-0.15, -0.1) is 45.3 Å². The number of ether oxygens (including phenoxy) is 10. The number of quaternary nitrogens is 1. The Bertz CT molecular complexity index is 5440. The second-order valence-electron chi connectivity index (χ2n) is 29.0. The number of halogens is 3. The molecule has 0 aliphatic carbocycles. The highest BCUT2D eigenvalue weighted by molar-refractivity contribution is 7.10. The molecule has 0 unspecified atom stereocenters. The van der Waals surface area contributed by atoms with Gasteiger partial charge in [-0.05, 0) is 159 Å². The number of carbonyl (C=O) groups is 6. The molecule has 0 saturated carbocycles. The second-order valence-corrected chi connectivity index (χ2v) is 34.2. The Hall–Kier alpha value is -12.3. The third-order valence-electron chi connectivity index (χ3n) is 17.2. The molecule has 0 bridgehead atoms. The van der Waals surface area contributed by atoms with Crippen molar-refractivity contribution in [3.63, 3.8) is 0 Å². The first-order chi connectivity index (χ1) is 59.6. The summed E-state index contributed by atoms with van der Waals surface area (Å²) in [7, 11) is 0. The van der Waals surface area contributed by atoms with Crippen LogP contribution in [-0.2, 0) is 80.5 Å². The number of nitrogens with one attached hydrogen (secondary N) is 6. The Morgan fingerprint density at radius 2 is 0.806 bits per heavy atom. The predicted molar refractivity (Wildman–Crippen MR) is 467 cm³/mol. The molecule has 652 valence electrons. The summed E-state index contributed by atoms with van der Waals surface area (Å²) in [5.74, 6) is 5.40. The third-order valence-corrected chi connectivity index (χ3v) is 21.3. The Balaban J connectivity index is 0.000000150. The van der Waals surface area contributed by atoms with E-state index in [0.717, 1.165) is 60.0 Å². The Morgan fingerprint density at radius 1 is 0.460 bits per heavy atom. The van der Waals surface area contributed by atoms with E-state index in [1.54, 1.807) is 117 Å². The van der Waals surface area contributed by atoms with E-state index >= 15 is 0 Å². The monoisotopic (exact) mass is 1830 g/mol. The zero-order chi connectivity index (χ0) is 88.1. The summed E-state index contributed by atoms with van der Waals surface area (Å²) in [5, 5.41) is 34.7. The average molecular weight is 1830 g/mol. The van der Waals surface area contributed by atoms with Gasteiger partial charge in [-0.2, -0.15) is 4.98 Å². The molecular formula is C84H90Cl3N16O17S4+. The number of benzene rings is 4. The average Bonchev–Trinajstić information content (AvgIpc) is 1.78. The van der Waals surface area contributed by atoms with Crippen LogP contribution in [0.4, 0.5) is 15.4 Å². The molecule has 12 aromatic rings. The summed E-state index contributed by atoms with van der Waals surface area (Å²) in [6.45, 7) is 13.4. The van der Waals surface area contributed by atoms with Crippen molar-refractivity contribution < 1.29 is 87.0 Å². The first kappa shape index (κ1) is 92.4. The maximum Gasteiger partial charge on any atom is 0.408 e. The fraction of sp³-hybridized carbons (Fsp3) is 0.286. The van der Waals surface area contributed by atoms with Gasteiger partial charge in [-0.3, -0.25) is 23.5 Å². The highest BCUT2D eigenvalue weighted by Crippen LogP contribution is 2.36. The third kappa shape index (κ3) is 29.7. The van der Waals surface area contributed by atoms with E-state index < -0.39 is 53.5 Å². The maximum atomic E-state index is 13.2. The van der Waals surface area contributed by atoms with E-state index in [4.69, 9.17) is 93.0 Å². The van der Waals surface area contributed by atoms with E-state index in [1.807, 2.05) is 143 Å². The number of imidazole rings is 2.